The van der Waals surface area contributed by atoms with Crippen LogP contribution in [0.2, 0.25) is 0 Å². The number of hydrogen-bond acceptors (Lipinski definition) is 5. The average Bonchev–Trinajstić information content (AvgIpc) is 3.09. The molecule has 0 bridgehead atoms. The zero-order chi connectivity index (χ0) is 19.3. The van der Waals surface area contributed by atoms with Gasteiger partial charge in [0, 0.05) is 17.5 Å². The van der Waals surface area contributed by atoms with E-state index in [2.05, 4.69) is 20.4 Å². The van der Waals surface area contributed by atoms with E-state index in [1.54, 1.807) is 12.3 Å². The molecule has 1 aromatic carbocycles. The van der Waals surface area contributed by atoms with Crippen molar-refractivity contribution in [3.05, 3.63) is 40.9 Å². The molecule has 2 aromatic rings. The van der Waals surface area contributed by atoms with Gasteiger partial charge in [-0.3, -0.25) is 4.79 Å². The average molecular weight is 399 g/mol. The molecule has 5 nitrogen and oxygen atoms in total. The molecule has 0 spiro atoms. The molecule has 0 aliphatic carbocycles. The minimum atomic E-state index is -4.76. The molecule has 27 heavy (non-hydrogen) atoms. The fourth-order valence-electron chi connectivity index (χ4n) is 3.00. The zero-order valence-corrected chi connectivity index (χ0v) is 15.3. The van der Waals surface area contributed by atoms with Crippen LogP contribution >= 0.6 is 11.3 Å². The molecular weight excluding hydrogens is 379 g/mol. The van der Waals surface area contributed by atoms with Gasteiger partial charge in [0.2, 0.25) is 5.91 Å². The lowest BCUT2D eigenvalue weighted by Crippen LogP contribution is -2.26. The Balaban J connectivity index is 1.54. The number of anilines is 1. The Hall–Kier alpha value is -2.13. The highest BCUT2D eigenvalue weighted by molar-refractivity contribution is 7.15. The third-order valence-corrected chi connectivity index (χ3v) is 5.41. The Labute approximate surface area is 158 Å². The van der Waals surface area contributed by atoms with Crippen molar-refractivity contribution >= 4 is 22.4 Å². The highest BCUT2D eigenvalue weighted by Gasteiger charge is 2.32. The summed E-state index contributed by atoms with van der Waals surface area (Å²) in [7, 11) is 0. The van der Waals surface area contributed by atoms with Crippen molar-refractivity contribution in [2.45, 2.75) is 38.0 Å². The van der Waals surface area contributed by atoms with Crippen molar-refractivity contribution in [3.63, 3.8) is 0 Å². The lowest BCUT2D eigenvalue weighted by atomic mass is 9.97. The first-order valence-electron chi connectivity index (χ1n) is 8.70. The zero-order valence-electron chi connectivity index (χ0n) is 14.5. The van der Waals surface area contributed by atoms with Crippen LogP contribution in [0.1, 0.15) is 35.6 Å². The minimum absolute atomic E-state index is 0.0422. The first-order chi connectivity index (χ1) is 12.9. The summed E-state index contributed by atoms with van der Waals surface area (Å²) in [6, 6.07) is 5.84. The predicted molar refractivity (Wildman–Crippen MR) is 97.0 cm³/mol. The molecule has 1 saturated heterocycles. The number of carbonyl (C=O) groups is 1. The molecule has 0 unspecified atom stereocenters. The van der Waals surface area contributed by atoms with Gasteiger partial charge in [0.25, 0.3) is 0 Å². The van der Waals surface area contributed by atoms with Crippen molar-refractivity contribution < 1.29 is 22.7 Å². The number of thiazole rings is 1. The predicted octanol–water partition coefficient (Wildman–Crippen LogP) is 4.08. The van der Waals surface area contributed by atoms with E-state index in [-0.39, 0.29) is 24.5 Å². The van der Waals surface area contributed by atoms with E-state index < -0.39 is 6.36 Å². The number of rotatable bonds is 6. The highest BCUT2D eigenvalue weighted by atomic mass is 32.1. The summed E-state index contributed by atoms with van der Waals surface area (Å²) in [5, 5.41) is 6.56. The summed E-state index contributed by atoms with van der Waals surface area (Å²) >= 11 is 1.46. The van der Waals surface area contributed by atoms with Gasteiger partial charge >= 0.3 is 6.36 Å². The number of halogens is 3. The van der Waals surface area contributed by atoms with Gasteiger partial charge in [-0.2, -0.15) is 0 Å². The van der Waals surface area contributed by atoms with Gasteiger partial charge in [0.15, 0.2) is 5.13 Å². The van der Waals surface area contributed by atoms with Crippen molar-refractivity contribution in [1.29, 1.82) is 0 Å². The second-order valence-corrected chi connectivity index (χ2v) is 7.36. The lowest BCUT2D eigenvalue weighted by Gasteiger charge is -2.20. The topological polar surface area (TPSA) is 63.2 Å². The van der Waals surface area contributed by atoms with Crippen LogP contribution in [0.5, 0.6) is 5.75 Å². The molecule has 0 radical (unpaired) electrons. The van der Waals surface area contributed by atoms with Crippen LogP contribution in [-0.2, 0) is 11.2 Å². The molecule has 0 saturated carbocycles. The second kappa shape index (κ2) is 8.71. The maximum Gasteiger partial charge on any atom is 0.573 e. The summed E-state index contributed by atoms with van der Waals surface area (Å²) in [5.41, 5.74) is 0.333. The summed E-state index contributed by atoms with van der Waals surface area (Å²) in [6.07, 6.45) is -0.685. The van der Waals surface area contributed by atoms with Gasteiger partial charge < -0.3 is 15.4 Å². The molecule has 2 N–H and O–H groups in total. The second-order valence-electron chi connectivity index (χ2n) is 6.30. The Kier molecular flexibility index (Phi) is 6.33. The lowest BCUT2D eigenvalue weighted by molar-refractivity contribution is -0.274. The van der Waals surface area contributed by atoms with Gasteiger partial charge in [-0.1, -0.05) is 18.2 Å². The number of benzene rings is 1. The van der Waals surface area contributed by atoms with Gasteiger partial charge in [0.1, 0.15) is 5.75 Å². The molecule has 0 atom stereocenters. The number of nitrogens with zero attached hydrogens (tertiary/aromatic N) is 1. The molecule has 9 heteroatoms. The Morgan fingerprint density at radius 1 is 1.30 bits per heavy atom. The van der Waals surface area contributed by atoms with Crippen LogP contribution in [0.15, 0.2) is 30.5 Å². The molecule has 146 valence electrons. The van der Waals surface area contributed by atoms with E-state index in [9.17, 15) is 18.0 Å². The number of hydrogen-bond donors (Lipinski definition) is 2. The van der Waals surface area contributed by atoms with Crippen LogP contribution in [-0.4, -0.2) is 30.3 Å². The van der Waals surface area contributed by atoms with Gasteiger partial charge in [-0.25, -0.2) is 4.98 Å². The molecule has 1 fully saturated rings. The normalized spacial score (nSPS) is 15.5. The summed E-state index contributed by atoms with van der Waals surface area (Å²) in [5.74, 6) is -0.107. The molecular formula is C18H20F3N3O2S. The van der Waals surface area contributed by atoms with Crippen LogP contribution in [0, 0.1) is 0 Å². The largest absolute Gasteiger partial charge is 0.573 e. The van der Waals surface area contributed by atoms with E-state index >= 15 is 0 Å². The highest BCUT2D eigenvalue weighted by Crippen LogP contribution is 2.32. The van der Waals surface area contributed by atoms with E-state index in [0.29, 0.717) is 16.6 Å². The molecule has 1 aliphatic rings. The van der Waals surface area contributed by atoms with Gasteiger partial charge in [0.05, 0.1) is 0 Å². The molecule has 2 heterocycles. The number of carbonyl (C=O) groups excluding carboxylic acids is 1. The number of piperidine rings is 1. The Bertz CT molecular complexity index is 773. The quantitative estimate of drug-likeness (QED) is 0.768. The van der Waals surface area contributed by atoms with Crippen LogP contribution in [0.3, 0.4) is 0 Å². The maximum absolute atomic E-state index is 12.5. The van der Waals surface area contributed by atoms with Gasteiger partial charge in [-0.15, -0.1) is 24.5 Å². The maximum atomic E-state index is 12.5. The van der Waals surface area contributed by atoms with Crippen molar-refractivity contribution in [2.75, 3.05) is 18.4 Å². The fraction of sp³-hybridized carbons (Fsp3) is 0.444. The third kappa shape index (κ3) is 5.93. The van der Waals surface area contributed by atoms with Crippen LogP contribution in [0.4, 0.5) is 18.3 Å². The smallest absolute Gasteiger partial charge is 0.406 e. The molecule has 1 aromatic heterocycles. The third-order valence-electron chi connectivity index (χ3n) is 4.33. The first-order valence-corrected chi connectivity index (χ1v) is 9.52. The standard InChI is InChI=1S/C18H20F3N3O2S/c19-18(20,21)26-14-4-2-1-3-12(14)5-6-16(25)24-17-23-11-15(27-17)13-7-9-22-10-8-13/h1-4,11,13,22H,5-10H2,(H,23,24,25). The number of para-hydroxylation sites is 1. The van der Waals surface area contributed by atoms with E-state index in [1.165, 1.54) is 29.5 Å². The molecule has 1 aliphatic heterocycles. The van der Waals surface area contributed by atoms with E-state index in [4.69, 9.17) is 0 Å². The minimum Gasteiger partial charge on any atom is -0.406 e. The van der Waals surface area contributed by atoms with Crippen molar-refractivity contribution in [1.82, 2.24) is 10.3 Å². The summed E-state index contributed by atoms with van der Waals surface area (Å²) in [6.45, 7) is 1.95. The van der Waals surface area contributed by atoms with Crippen molar-refractivity contribution in [2.24, 2.45) is 0 Å². The monoisotopic (exact) mass is 399 g/mol. The van der Waals surface area contributed by atoms with Crippen molar-refractivity contribution in [3.8, 4) is 5.75 Å². The Morgan fingerprint density at radius 3 is 2.78 bits per heavy atom. The SMILES string of the molecule is O=C(CCc1ccccc1OC(F)(F)F)Nc1ncc(C2CCNCC2)s1. The van der Waals surface area contributed by atoms with E-state index in [1.807, 2.05) is 0 Å². The molecule has 3 rings (SSSR count). The fourth-order valence-corrected chi connectivity index (χ4v) is 4.01. The number of aryl methyl sites for hydroxylation is 1. The molecule has 1 amide bonds. The number of amides is 1. The van der Waals surface area contributed by atoms with Crippen LogP contribution < -0.4 is 15.4 Å². The first kappa shape index (κ1) is 19.6. The number of alkyl halides is 3. The Morgan fingerprint density at radius 2 is 2.04 bits per heavy atom. The number of ether oxygens (including phenoxy) is 1. The number of aromatic nitrogens is 1. The number of nitrogens with one attached hydrogen (secondary N) is 2. The van der Waals surface area contributed by atoms with Crippen LogP contribution in [0.25, 0.3) is 0 Å². The summed E-state index contributed by atoms with van der Waals surface area (Å²) < 4.78 is 41.4. The van der Waals surface area contributed by atoms with E-state index in [0.717, 1.165) is 30.8 Å². The summed E-state index contributed by atoms with van der Waals surface area (Å²) in [4.78, 5) is 17.5. The van der Waals surface area contributed by atoms with Gasteiger partial charge in [-0.05, 0) is 49.9 Å².